The Morgan fingerprint density at radius 1 is 1.12 bits per heavy atom. The van der Waals surface area contributed by atoms with Crippen molar-refractivity contribution in [1.29, 1.82) is 0 Å². The molecule has 1 amide bonds. The molecule has 0 bridgehead atoms. The number of amides is 1. The van der Waals surface area contributed by atoms with Gasteiger partial charge in [-0.05, 0) is 56.8 Å². The van der Waals surface area contributed by atoms with Gasteiger partial charge in [-0.2, -0.15) is 0 Å². The number of carbonyl (C=O) groups is 1. The Balaban J connectivity index is 1.30. The molecule has 1 aromatic heterocycles. The predicted octanol–water partition coefficient (Wildman–Crippen LogP) is 2.96. The Hall–Kier alpha value is -2.70. The van der Waals surface area contributed by atoms with Crippen LogP contribution in [-0.2, 0) is 17.8 Å². The van der Waals surface area contributed by atoms with E-state index in [1.165, 1.54) is 5.56 Å². The van der Waals surface area contributed by atoms with Crippen molar-refractivity contribution in [2.75, 3.05) is 26.7 Å². The molecular weight excluding hydrogens is 426 g/mol. The zero-order valence-corrected chi connectivity index (χ0v) is 20.1. The van der Waals surface area contributed by atoms with Gasteiger partial charge >= 0.3 is 0 Å². The summed E-state index contributed by atoms with van der Waals surface area (Å²) in [4.78, 5) is 30.8. The van der Waals surface area contributed by atoms with Crippen LogP contribution in [0.2, 0.25) is 0 Å². The van der Waals surface area contributed by atoms with Crippen molar-refractivity contribution < 1.29 is 9.90 Å². The number of aliphatic hydroxyl groups is 1. The number of fused-ring (bicyclic) bond motifs is 3. The average molecular weight is 462 g/mol. The van der Waals surface area contributed by atoms with Crippen LogP contribution in [0.3, 0.4) is 0 Å². The maximum Gasteiger partial charge on any atom is 0.258 e. The number of hydrogen-bond donors (Lipinski definition) is 1. The van der Waals surface area contributed by atoms with Gasteiger partial charge in [0.05, 0.1) is 12.1 Å². The van der Waals surface area contributed by atoms with Crippen molar-refractivity contribution >= 4 is 12.0 Å². The summed E-state index contributed by atoms with van der Waals surface area (Å²) in [6.07, 6.45) is 6.81. The maximum atomic E-state index is 13.7. The summed E-state index contributed by atoms with van der Waals surface area (Å²) in [6.45, 7) is 3.97. The summed E-state index contributed by atoms with van der Waals surface area (Å²) in [5.74, 6) is 0.626. The minimum Gasteiger partial charge on any atom is -0.396 e. The Bertz CT molecular complexity index is 1120. The molecule has 180 valence electrons. The lowest BCUT2D eigenvalue weighted by atomic mass is 9.86. The highest BCUT2D eigenvalue weighted by atomic mass is 16.3. The minimum atomic E-state index is -0.343. The first-order valence-corrected chi connectivity index (χ1v) is 12.6. The van der Waals surface area contributed by atoms with Gasteiger partial charge in [0.1, 0.15) is 0 Å². The summed E-state index contributed by atoms with van der Waals surface area (Å²) in [5.41, 5.74) is 3.02. The quantitative estimate of drug-likeness (QED) is 0.744. The molecule has 2 aromatic rings. The second kappa shape index (κ2) is 9.51. The molecule has 0 spiro atoms. The van der Waals surface area contributed by atoms with Crippen LogP contribution in [0.1, 0.15) is 42.6 Å². The lowest BCUT2D eigenvalue weighted by Gasteiger charge is -2.37. The van der Waals surface area contributed by atoms with E-state index in [4.69, 9.17) is 0 Å². The Kier molecular flexibility index (Phi) is 6.45. The van der Waals surface area contributed by atoms with Crippen molar-refractivity contribution in [1.82, 2.24) is 14.4 Å². The minimum absolute atomic E-state index is 0.0125. The molecular formula is C28H35N3O3. The van der Waals surface area contributed by atoms with Crippen LogP contribution in [0, 0.1) is 17.8 Å². The number of benzene rings is 1. The molecule has 0 radical (unpaired) electrons. The summed E-state index contributed by atoms with van der Waals surface area (Å²) in [6, 6.07) is 14.1. The van der Waals surface area contributed by atoms with E-state index in [0.717, 1.165) is 38.0 Å². The monoisotopic (exact) mass is 461 g/mol. The summed E-state index contributed by atoms with van der Waals surface area (Å²) in [5, 5.41) is 10.3. The van der Waals surface area contributed by atoms with Gasteiger partial charge in [0.25, 0.3) is 5.56 Å². The summed E-state index contributed by atoms with van der Waals surface area (Å²) < 4.78 is 1.85. The Morgan fingerprint density at radius 2 is 1.85 bits per heavy atom. The van der Waals surface area contributed by atoms with Crippen molar-refractivity contribution in [3.8, 4) is 0 Å². The molecule has 0 unspecified atom stereocenters. The van der Waals surface area contributed by atoms with Crippen molar-refractivity contribution in [2.24, 2.45) is 17.8 Å². The highest BCUT2D eigenvalue weighted by Crippen LogP contribution is 2.48. The molecule has 3 aliphatic heterocycles. The number of carbonyl (C=O) groups excluding carboxylic acids is 1. The van der Waals surface area contributed by atoms with Crippen LogP contribution in [0.15, 0.2) is 53.3 Å². The summed E-state index contributed by atoms with van der Waals surface area (Å²) >= 11 is 0. The van der Waals surface area contributed by atoms with Gasteiger partial charge in [-0.1, -0.05) is 42.5 Å². The van der Waals surface area contributed by atoms with Crippen molar-refractivity contribution in [2.45, 2.75) is 44.8 Å². The highest BCUT2D eigenvalue weighted by molar-refractivity contribution is 5.83. The topological polar surface area (TPSA) is 65.8 Å². The molecule has 34 heavy (non-hydrogen) atoms. The molecule has 0 saturated carbocycles. The zero-order chi connectivity index (χ0) is 23.8. The Morgan fingerprint density at radius 3 is 2.53 bits per heavy atom. The van der Waals surface area contributed by atoms with E-state index >= 15 is 0 Å². The third kappa shape index (κ3) is 3.93. The van der Waals surface area contributed by atoms with Crippen molar-refractivity contribution in [3.63, 3.8) is 0 Å². The molecule has 2 fully saturated rings. The van der Waals surface area contributed by atoms with Crippen LogP contribution < -0.4 is 5.56 Å². The summed E-state index contributed by atoms with van der Waals surface area (Å²) in [7, 11) is 1.98. The first kappa shape index (κ1) is 23.1. The van der Waals surface area contributed by atoms with Gasteiger partial charge in [0.15, 0.2) is 0 Å². The molecule has 4 heterocycles. The lowest BCUT2D eigenvalue weighted by Crippen LogP contribution is -2.51. The first-order chi connectivity index (χ1) is 16.5. The van der Waals surface area contributed by atoms with E-state index < -0.39 is 0 Å². The maximum absolute atomic E-state index is 13.7. The number of hydrogen-bond acceptors (Lipinski definition) is 4. The lowest BCUT2D eigenvalue weighted by molar-refractivity contribution is -0.139. The van der Waals surface area contributed by atoms with Crippen LogP contribution >= 0.6 is 0 Å². The van der Waals surface area contributed by atoms with E-state index in [9.17, 15) is 14.7 Å². The van der Waals surface area contributed by atoms with Gasteiger partial charge in [0.2, 0.25) is 5.91 Å². The number of aromatic nitrogens is 1. The largest absolute Gasteiger partial charge is 0.396 e. The number of rotatable bonds is 5. The number of likely N-dealkylation sites (N-methyl/N-ethyl adjacent to an activating group) is 1. The van der Waals surface area contributed by atoms with Crippen LogP contribution in [0.5, 0.6) is 0 Å². The molecule has 3 aliphatic rings. The van der Waals surface area contributed by atoms with Gasteiger partial charge < -0.3 is 14.6 Å². The number of allylic oxidation sites excluding steroid dienone is 1. The zero-order valence-electron chi connectivity index (χ0n) is 20.1. The number of piperidine rings is 1. The number of pyridine rings is 1. The highest BCUT2D eigenvalue weighted by Gasteiger charge is 2.55. The number of aliphatic hydroxyl groups excluding tert-OH is 1. The third-order valence-electron chi connectivity index (χ3n) is 8.28. The van der Waals surface area contributed by atoms with Crippen LogP contribution in [-0.4, -0.2) is 58.2 Å². The fourth-order valence-corrected chi connectivity index (χ4v) is 6.57. The van der Waals surface area contributed by atoms with E-state index in [0.29, 0.717) is 18.0 Å². The number of nitrogens with zero attached hydrogens (tertiary/aromatic N) is 3. The molecule has 1 N–H and O–H groups in total. The fourth-order valence-electron chi connectivity index (χ4n) is 6.57. The average Bonchev–Trinajstić information content (AvgIpc) is 3.37. The molecule has 0 aliphatic carbocycles. The van der Waals surface area contributed by atoms with Gasteiger partial charge in [-0.3, -0.25) is 14.5 Å². The fraction of sp³-hybridized carbons (Fsp3) is 0.500. The molecule has 6 heteroatoms. The standard InChI is InChI=1S/C28H35N3O3/c1-3-7-21-10-11-24-25-22(17-31(24)27(21)33)23(18-32)26(29(25)2)28(34)30-14-12-20(13-15-30)16-19-8-5-4-6-9-19/h3-11,20,22-23,25-26,32H,12-18H2,1-2H3/b7-3+/t22-,23-,25+,26-/m1/s1. The smallest absolute Gasteiger partial charge is 0.258 e. The van der Waals surface area contributed by atoms with Gasteiger partial charge in [-0.25, -0.2) is 0 Å². The predicted molar refractivity (Wildman–Crippen MR) is 133 cm³/mol. The molecule has 4 atom stereocenters. The van der Waals surface area contributed by atoms with Gasteiger partial charge in [-0.15, -0.1) is 0 Å². The van der Waals surface area contributed by atoms with Crippen molar-refractivity contribution in [3.05, 3.63) is 75.7 Å². The SMILES string of the molecule is C/C=C/c1ccc2n(c1=O)C[C@@H]1[C@@H](CO)[C@H](C(=O)N3CCC(Cc4ccccc4)CC3)N(C)[C@H]21. The first-order valence-electron chi connectivity index (χ1n) is 12.6. The van der Waals surface area contributed by atoms with Crippen LogP contribution in [0.4, 0.5) is 0 Å². The van der Waals surface area contributed by atoms with E-state index in [1.807, 2.05) is 53.8 Å². The van der Waals surface area contributed by atoms with E-state index in [1.54, 1.807) is 0 Å². The molecule has 6 nitrogen and oxygen atoms in total. The number of likely N-dealkylation sites (tertiary alicyclic amines) is 2. The Labute approximate surface area is 201 Å². The van der Waals surface area contributed by atoms with Crippen LogP contribution in [0.25, 0.3) is 6.08 Å². The molecule has 1 aromatic carbocycles. The molecule has 2 saturated heterocycles. The normalized spacial score (nSPS) is 27.3. The third-order valence-corrected chi connectivity index (χ3v) is 8.28. The second-order valence-corrected chi connectivity index (χ2v) is 10.2. The van der Waals surface area contributed by atoms with E-state index in [2.05, 4.69) is 29.2 Å². The molecule has 5 rings (SSSR count). The second-order valence-electron chi connectivity index (χ2n) is 10.2. The van der Waals surface area contributed by atoms with E-state index in [-0.39, 0.29) is 42.0 Å². The van der Waals surface area contributed by atoms with Gasteiger partial charge in [0, 0.05) is 49.3 Å².